The Labute approximate surface area is 121 Å². The van der Waals surface area contributed by atoms with Crippen molar-refractivity contribution in [1.29, 1.82) is 0 Å². The van der Waals surface area contributed by atoms with Gasteiger partial charge in [-0.25, -0.2) is 4.39 Å². The van der Waals surface area contributed by atoms with Gasteiger partial charge in [-0.1, -0.05) is 26.2 Å². The molecule has 0 bridgehead atoms. The summed E-state index contributed by atoms with van der Waals surface area (Å²) < 4.78 is 19.1. The van der Waals surface area contributed by atoms with Crippen molar-refractivity contribution in [3.63, 3.8) is 0 Å². The molecule has 1 saturated carbocycles. The van der Waals surface area contributed by atoms with Crippen molar-refractivity contribution in [3.05, 3.63) is 30.1 Å². The number of benzene rings is 1. The highest BCUT2D eigenvalue weighted by molar-refractivity contribution is 5.22. The van der Waals surface area contributed by atoms with Gasteiger partial charge in [0.1, 0.15) is 17.7 Å². The topological polar surface area (TPSA) is 21.3 Å². The van der Waals surface area contributed by atoms with Crippen molar-refractivity contribution in [3.8, 4) is 5.75 Å². The highest BCUT2D eigenvalue weighted by Crippen LogP contribution is 2.23. The van der Waals surface area contributed by atoms with Gasteiger partial charge in [0.25, 0.3) is 0 Å². The monoisotopic (exact) mass is 279 g/mol. The number of halogens is 1. The van der Waals surface area contributed by atoms with E-state index in [0.29, 0.717) is 6.04 Å². The van der Waals surface area contributed by atoms with Gasteiger partial charge in [-0.05, 0) is 56.5 Å². The van der Waals surface area contributed by atoms with Gasteiger partial charge in [0.05, 0.1) is 0 Å². The van der Waals surface area contributed by atoms with Gasteiger partial charge in [-0.2, -0.15) is 0 Å². The van der Waals surface area contributed by atoms with Crippen LogP contribution in [0.2, 0.25) is 0 Å². The van der Waals surface area contributed by atoms with E-state index < -0.39 is 0 Å². The zero-order chi connectivity index (χ0) is 14.2. The van der Waals surface area contributed by atoms with Crippen LogP contribution in [0.1, 0.15) is 51.9 Å². The predicted molar refractivity (Wildman–Crippen MR) is 80.6 cm³/mol. The van der Waals surface area contributed by atoms with Gasteiger partial charge < -0.3 is 10.1 Å². The third-order valence-corrected chi connectivity index (χ3v) is 3.96. The molecule has 1 fully saturated rings. The van der Waals surface area contributed by atoms with Crippen LogP contribution in [0.15, 0.2) is 24.3 Å². The lowest BCUT2D eigenvalue weighted by Crippen LogP contribution is -2.44. The minimum atomic E-state index is -0.212. The number of rotatable bonds is 5. The van der Waals surface area contributed by atoms with Crippen LogP contribution in [0.5, 0.6) is 5.75 Å². The number of hydrogen-bond acceptors (Lipinski definition) is 2. The van der Waals surface area contributed by atoms with Crippen LogP contribution in [-0.2, 0) is 0 Å². The molecule has 1 aromatic rings. The molecule has 3 heteroatoms. The second-order valence-corrected chi connectivity index (χ2v) is 5.66. The minimum absolute atomic E-state index is 0.201. The zero-order valence-corrected chi connectivity index (χ0v) is 12.4. The van der Waals surface area contributed by atoms with Gasteiger partial charge >= 0.3 is 0 Å². The van der Waals surface area contributed by atoms with Crippen LogP contribution >= 0.6 is 0 Å². The molecule has 0 aromatic heterocycles. The van der Waals surface area contributed by atoms with E-state index in [2.05, 4.69) is 12.2 Å². The van der Waals surface area contributed by atoms with E-state index in [-0.39, 0.29) is 11.9 Å². The lowest BCUT2D eigenvalue weighted by molar-refractivity contribution is 0.127. The molecule has 20 heavy (non-hydrogen) atoms. The third-order valence-electron chi connectivity index (χ3n) is 3.96. The minimum Gasteiger partial charge on any atom is -0.489 e. The van der Waals surface area contributed by atoms with Crippen molar-refractivity contribution < 1.29 is 9.13 Å². The Morgan fingerprint density at radius 1 is 1.10 bits per heavy atom. The molecule has 0 aliphatic heterocycles. The fourth-order valence-electron chi connectivity index (χ4n) is 2.84. The molecule has 1 aliphatic carbocycles. The van der Waals surface area contributed by atoms with E-state index in [0.717, 1.165) is 25.1 Å². The number of hydrogen-bond donors (Lipinski definition) is 1. The Hall–Kier alpha value is -1.09. The number of nitrogens with one attached hydrogen (secondary N) is 1. The largest absolute Gasteiger partial charge is 0.489 e. The second-order valence-electron chi connectivity index (χ2n) is 5.66. The van der Waals surface area contributed by atoms with E-state index in [9.17, 15) is 4.39 Å². The van der Waals surface area contributed by atoms with Crippen molar-refractivity contribution in [2.45, 2.75) is 64.0 Å². The van der Waals surface area contributed by atoms with Crippen molar-refractivity contribution in [1.82, 2.24) is 5.32 Å². The molecule has 0 radical (unpaired) electrons. The average Bonchev–Trinajstić information content (AvgIpc) is 2.44. The molecule has 0 heterocycles. The summed E-state index contributed by atoms with van der Waals surface area (Å²) >= 11 is 0. The van der Waals surface area contributed by atoms with Crippen LogP contribution in [-0.4, -0.2) is 18.7 Å². The summed E-state index contributed by atoms with van der Waals surface area (Å²) in [6, 6.07) is 6.80. The third kappa shape index (κ3) is 4.78. The molecule has 0 amide bonds. The summed E-state index contributed by atoms with van der Waals surface area (Å²) in [4.78, 5) is 0. The average molecular weight is 279 g/mol. The maximum Gasteiger partial charge on any atom is 0.123 e. The first-order chi connectivity index (χ1) is 9.79. The first-order valence-corrected chi connectivity index (χ1v) is 7.95. The van der Waals surface area contributed by atoms with Crippen LogP contribution in [0.3, 0.4) is 0 Å². The van der Waals surface area contributed by atoms with E-state index in [1.54, 1.807) is 12.1 Å². The lowest BCUT2D eigenvalue weighted by Gasteiger charge is -2.30. The Balaban J connectivity index is 1.99. The maximum atomic E-state index is 13.0. The summed E-state index contributed by atoms with van der Waals surface area (Å²) in [5.41, 5.74) is 0. The molecular formula is C17H26FNO. The zero-order valence-electron chi connectivity index (χ0n) is 12.4. The number of ether oxygens (including phenoxy) is 1. The fourth-order valence-corrected chi connectivity index (χ4v) is 2.84. The van der Waals surface area contributed by atoms with Crippen molar-refractivity contribution >= 4 is 0 Å². The molecule has 2 rings (SSSR count). The smallest absolute Gasteiger partial charge is 0.123 e. The van der Waals surface area contributed by atoms with Crippen LogP contribution < -0.4 is 10.1 Å². The molecule has 1 aromatic carbocycles. The summed E-state index contributed by atoms with van der Waals surface area (Å²) in [6.07, 6.45) is 8.70. The SMILES string of the molecule is CCCNC1CCCCCCC1Oc1ccc(F)cc1. The van der Waals surface area contributed by atoms with Gasteiger partial charge in [-0.15, -0.1) is 0 Å². The van der Waals surface area contributed by atoms with Crippen molar-refractivity contribution in [2.75, 3.05) is 6.54 Å². The first-order valence-electron chi connectivity index (χ1n) is 7.95. The Morgan fingerprint density at radius 3 is 2.50 bits per heavy atom. The summed E-state index contributed by atoms with van der Waals surface area (Å²) in [7, 11) is 0. The summed E-state index contributed by atoms with van der Waals surface area (Å²) in [5.74, 6) is 0.566. The molecule has 0 saturated heterocycles. The molecule has 2 atom stereocenters. The molecule has 1 aliphatic rings. The molecule has 1 N–H and O–H groups in total. The van der Waals surface area contributed by atoms with Gasteiger partial charge in [0.15, 0.2) is 0 Å². The standard InChI is InChI=1S/C17H26FNO/c1-2-13-19-16-7-5-3-4-6-8-17(16)20-15-11-9-14(18)10-12-15/h9-12,16-17,19H,2-8,13H2,1H3. The normalized spacial score (nSPS) is 23.9. The van der Waals surface area contributed by atoms with Gasteiger partial charge in [0.2, 0.25) is 0 Å². The highest BCUT2D eigenvalue weighted by Gasteiger charge is 2.23. The molecule has 2 unspecified atom stereocenters. The predicted octanol–water partition coefficient (Wildman–Crippen LogP) is 4.30. The molecule has 2 nitrogen and oxygen atoms in total. The molecule has 112 valence electrons. The quantitative estimate of drug-likeness (QED) is 0.868. The van der Waals surface area contributed by atoms with Gasteiger partial charge in [0, 0.05) is 6.04 Å². The van der Waals surface area contributed by atoms with E-state index >= 15 is 0 Å². The maximum absolute atomic E-state index is 13.0. The Kier molecular flexibility index (Phi) is 6.31. The van der Waals surface area contributed by atoms with Crippen LogP contribution in [0.4, 0.5) is 4.39 Å². The fraction of sp³-hybridized carbons (Fsp3) is 0.647. The lowest BCUT2D eigenvalue weighted by atomic mass is 9.94. The molecular weight excluding hydrogens is 253 g/mol. The summed E-state index contributed by atoms with van der Waals surface area (Å²) in [5, 5.41) is 3.62. The van der Waals surface area contributed by atoms with E-state index in [1.165, 1.54) is 44.2 Å². The van der Waals surface area contributed by atoms with Crippen molar-refractivity contribution in [2.24, 2.45) is 0 Å². The van der Waals surface area contributed by atoms with E-state index in [4.69, 9.17) is 4.74 Å². The van der Waals surface area contributed by atoms with Crippen LogP contribution in [0.25, 0.3) is 0 Å². The second kappa shape index (κ2) is 8.25. The van der Waals surface area contributed by atoms with E-state index in [1.807, 2.05) is 0 Å². The first kappa shape index (κ1) is 15.3. The molecule has 0 spiro atoms. The summed E-state index contributed by atoms with van der Waals surface area (Å²) in [6.45, 7) is 3.22. The van der Waals surface area contributed by atoms with Gasteiger partial charge in [-0.3, -0.25) is 0 Å². The Morgan fingerprint density at radius 2 is 1.80 bits per heavy atom. The highest BCUT2D eigenvalue weighted by atomic mass is 19.1. The van der Waals surface area contributed by atoms with Crippen LogP contribution in [0, 0.1) is 5.82 Å². The Bertz CT molecular complexity index is 377.